The lowest BCUT2D eigenvalue weighted by Gasteiger charge is -2.17. The number of phenols is 1. The molecule has 0 radical (unpaired) electrons. The summed E-state index contributed by atoms with van der Waals surface area (Å²) in [4.78, 5) is 0. The van der Waals surface area contributed by atoms with Crippen LogP contribution in [0.2, 0.25) is 0 Å². The predicted octanol–water partition coefficient (Wildman–Crippen LogP) is 1.97. The molecule has 0 amide bonds. The molecule has 1 aliphatic rings. The second-order valence-electron chi connectivity index (χ2n) is 5.39. The van der Waals surface area contributed by atoms with Gasteiger partial charge in [0.1, 0.15) is 11.6 Å². The van der Waals surface area contributed by atoms with E-state index in [-0.39, 0.29) is 23.8 Å². The lowest BCUT2D eigenvalue weighted by atomic mass is 10.0. The SMILES string of the molecule is O=S1(=O)NCCN1c1ccc(CCc2ccccc2F)cc1O. The second-order valence-corrected chi connectivity index (χ2v) is 7.07. The van der Waals surface area contributed by atoms with Gasteiger partial charge in [-0.05, 0) is 42.2 Å². The van der Waals surface area contributed by atoms with Crippen LogP contribution in [0.4, 0.5) is 10.1 Å². The Bertz CT molecular complexity index is 824. The van der Waals surface area contributed by atoms with E-state index in [1.807, 2.05) is 0 Å². The lowest BCUT2D eigenvalue weighted by molar-refractivity contribution is 0.475. The van der Waals surface area contributed by atoms with Crippen molar-refractivity contribution in [1.29, 1.82) is 0 Å². The number of nitrogens with zero attached hydrogens (tertiary/aromatic N) is 1. The van der Waals surface area contributed by atoms with E-state index in [0.29, 0.717) is 24.9 Å². The highest BCUT2D eigenvalue weighted by atomic mass is 32.2. The number of aryl methyl sites for hydroxylation is 2. The molecular formula is C16H17FN2O3S. The number of anilines is 1. The van der Waals surface area contributed by atoms with Gasteiger partial charge in [-0.3, -0.25) is 4.31 Å². The second kappa shape index (κ2) is 6.17. The van der Waals surface area contributed by atoms with Gasteiger partial charge in [0.05, 0.1) is 5.69 Å². The molecular weight excluding hydrogens is 319 g/mol. The Hall–Kier alpha value is -2.12. The number of hydrogen-bond donors (Lipinski definition) is 2. The van der Waals surface area contributed by atoms with Gasteiger partial charge in [0.2, 0.25) is 0 Å². The van der Waals surface area contributed by atoms with Crippen molar-refractivity contribution in [3.8, 4) is 5.75 Å². The molecule has 1 fully saturated rings. The summed E-state index contributed by atoms with van der Waals surface area (Å²) in [6, 6.07) is 11.4. The quantitative estimate of drug-likeness (QED) is 0.897. The highest BCUT2D eigenvalue weighted by molar-refractivity contribution is 7.91. The summed E-state index contributed by atoms with van der Waals surface area (Å²) in [5.41, 5.74) is 1.69. The van der Waals surface area contributed by atoms with Crippen molar-refractivity contribution < 1.29 is 17.9 Å². The Kier molecular flexibility index (Phi) is 4.23. The lowest BCUT2D eigenvalue weighted by Crippen LogP contribution is -2.29. The molecule has 0 aliphatic carbocycles. The summed E-state index contributed by atoms with van der Waals surface area (Å²) < 4.78 is 40.7. The molecule has 0 unspecified atom stereocenters. The first kappa shape index (κ1) is 15.8. The van der Waals surface area contributed by atoms with Gasteiger partial charge >= 0.3 is 10.2 Å². The maximum absolute atomic E-state index is 13.6. The summed E-state index contributed by atoms with van der Waals surface area (Å²) in [5.74, 6) is -0.342. The van der Waals surface area contributed by atoms with Gasteiger partial charge in [-0.25, -0.2) is 4.39 Å². The third-order valence-corrected chi connectivity index (χ3v) is 5.37. The van der Waals surface area contributed by atoms with Crippen LogP contribution in [-0.2, 0) is 23.1 Å². The molecule has 1 heterocycles. The number of hydrogen-bond acceptors (Lipinski definition) is 3. The van der Waals surface area contributed by atoms with Gasteiger partial charge in [-0.1, -0.05) is 24.3 Å². The first-order valence-corrected chi connectivity index (χ1v) is 8.74. The molecule has 0 aromatic heterocycles. The van der Waals surface area contributed by atoms with Crippen molar-refractivity contribution in [2.45, 2.75) is 12.8 Å². The highest BCUT2D eigenvalue weighted by Crippen LogP contribution is 2.31. The van der Waals surface area contributed by atoms with Gasteiger partial charge < -0.3 is 5.11 Å². The predicted molar refractivity (Wildman–Crippen MR) is 86.2 cm³/mol. The molecule has 1 saturated heterocycles. The molecule has 23 heavy (non-hydrogen) atoms. The summed E-state index contributed by atoms with van der Waals surface area (Å²) in [7, 11) is -3.56. The molecule has 0 atom stereocenters. The highest BCUT2D eigenvalue weighted by Gasteiger charge is 2.29. The Morgan fingerprint density at radius 3 is 2.61 bits per heavy atom. The maximum Gasteiger partial charge on any atom is 0.301 e. The minimum absolute atomic E-state index is 0.0942. The molecule has 122 valence electrons. The number of aromatic hydroxyl groups is 1. The van der Waals surface area contributed by atoms with Crippen molar-refractivity contribution in [3.63, 3.8) is 0 Å². The smallest absolute Gasteiger partial charge is 0.301 e. The van der Waals surface area contributed by atoms with Crippen LogP contribution in [0, 0.1) is 5.82 Å². The number of halogens is 1. The fourth-order valence-corrected chi connectivity index (χ4v) is 3.89. The maximum atomic E-state index is 13.6. The number of rotatable bonds is 4. The summed E-state index contributed by atoms with van der Waals surface area (Å²) in [6.45, 7) is 0.598. The van der Waals surface area contributed by atoms with Crippen molar-refractivity contribution in [1.82, 2.24) is 4.72 Å². The van der Waals surface area contributed by atoms with E-state index >= 15 is 0 Å². The molecule has 3 rings (SSSR count). The Morgan fingerprint density at radius 1 is 1.17 bits per heavy atom. The van der Waals surface area contributed by atoms with E-state index in [4.69, 9.17) is 0 Å². The van der Waals surface area contributed by atoms with E-state index in [1.54, 1.807) is 30.3 Å². The minimum atomic E-state index is -3.56. The summed E-state index contributed by atoms with van der Waals surface area (Å²) >= 11 is 0. The monoisotopic (exact) mass is 336 g/mol. The third kappa shape index (κ3) is 3.30. The van der Waals surface area contributed by atoms with Crippen LogP contribution in [0.15, 0.2) is 42.5 Å². The van der Waals surface area contributed by atoms with Gasteiger partial charge in [0.15, 0.2) is 0 Å². The largest absolute Gasteiger partial charge is 0.506 e. The zero-order valence-electron chi connectivity index (χ0n) is 12.4. The van der Waals surface area contributed by atoms with Crippen LogP contribution in [-0.4, -0.2) is 26.6 Å². The summed E-state index contributed by atoms with van der Waals surface area (Å²) in [5, 5.41) is 10.1. The Labute approximate surface area is 134 Å². The fourth-order valence-electron chi connectivity index (χ4n) is 2.64. The van der Waals surface area contributed by atoms with E-state index in [1.165, 1.54) is 12.1 Å². The molecule has 2 aromatic rings. The van der Waals surface area contributed by atoms with Crippen molar-refractivity contribution >= 4 is 15.9 Å². The van der Waals surface area contributed by atoms with E-state index < -0.39 is 10.2 Å². The van der Waals surface area contributed by atoms with Gasteiger partial charge in [-0.2, -0.15) is 13.1 Å². The molecule has 7 heteroatoms. The van der Waals surface area contributed by atoms with Crippen LogP contribution in [0.3, 0.4) is 0 Å². The molecule has 1 aliphatic heterocycles. The van der Waals surface area contributed by atoms with Crippen LogP contribution >= 0.6 is 0 Å². The first-order chi connectivity index (χ1) is 11.0. The minimum Gasteiger partial charge on any atom is -0.506 e. The normalized spacial score (nSPS) is 16.7. The third-order valence-electron chi connectivity index (χ3n) is 3.84. The molecule has 0 bridgehead atoms. The van der Waals surface area contributed by atoms with Gasteiger partial charge in [-0.15, -0.1) is 0 Å². The number of benzene rings is 2. The molecule has 2 N–H and O–H groups in total. The van der Waals surface area contributed by atoms with Crippen LogP contribution < -0.4 is 9.03 Å². The molecule has 0 spiro atoms. The van der Waals surface area contributed by atoms with E-state index in [9.17, 15) is 17.9 Å². The zero-order valence-corrected chi connectivity index (χ0v) is 13.2. The van der Waals surface area contributed by atoms with Crippen LogP contribution in [0.25, 0.3) is 0 Å². The number of nitrogens with one attached hydrogen (secondary N) is 1. The fraction of sp³-hybridized carbons (Fsp3) is 0.250. The van der Waals surface area contributed by atoms with Gasteiger partial charge in [0.25, 0.3) is 0 Å². The molecule has 2 aromatic carbocycles. The van der Waals surface area contributed by atoms with Crippen LogP contribution in [0.1, 0.15) is 11.1 Å². The standard InChI is InChI=1S/C16H17FN2O3S/c17-14-4-2-1-3-13(14)7-5-12-6-8-15(16(20)11-12)19-10-9-18-23(19,21)22/h1-4,6,8,11,18,20H,5,7,9-10H2. The first-order valence-electron chi connectivity index (χ1n) is 7.30. The van der Waals surface area contributed by atoms with Crippen LogP contribution in [0.5, 0.6) is 5.75 Å². The summed E-state index contributed by atoms with van der Waals surface area (Å²) in [6.07, 6.45) is 1.06. The Morgan fingerprint density at radius 2 is 1.96 bits per heavy atom. The van der Waals surface area contributed by atoms with Crippen molar-refractivity contribution in [2.75, 3.05) is 17.4 Å². The number of phenolic OH excluding ortho intramolecular Hbond substituents is 1. The average molecular weight is 336 g/mol. The zero-order chi connectivity index (χ0) is 16.4. The van der Waals surface area contributed by atoms with Gasteiger partial charge in [0, 0.05) is 13.1 Å². The van der Waals surface area contributed by atoms with Crippen molar-refractivity contribution in [3.05, 3.63) is 59.4 Å². The Balaban J connectivity index is 1.76. The van der Waals surface area contributed by atoms with Crippen molar-refractivity contribution in [2.24, 2.45) is 0 Å². The molecule has 5 nitrogen and oxygen atoms in total. The topological polar surface area (TPSA) is 69.6 Å². The van der Waals surface area contributed by atoms with E-state index in [0.717, 1.165) is 9.87 Å². The molecule has 0 saturated carbocycles. The van der Waals surface area contributed by atoms with E-state index in [2.05, 4.69) is 4.72 Å². The average Bonchev–Trinajstić information content (AvgIpc) is 2.86.